The van der Waals surface area contributed by atoms with Crippen molar-refractivity contribution >= 4 is 18.0 Å². The molecule has 0 aliphatic rings. The van der Waals surface area contributed by atoms with E-state index >= 15 is 0 Å². The summed E-state index contributed by atoms with van der Waals surface area (Å²) in [7, 11) is 1.42. The maximum Gasteiger partial charge on any atom is 0.338 e. The van der Waals surface area contributed by atoms with Gasteiger partial charge in [0.25, 0.3) is 0 Å². The predicted molar refractivity (Wildman–Crippen MR) is 92.9 cm³/mol. The Morgan fingerprint density at radius 2 is 1.92 bits per heavy atom. The second kappa shape index (κ2) is 8.65. The Morgan fingerprint density at radius 3 is 2.60 bits per heavy atom. The number of ether oxygens (including phenoxy) is 2. The van der Waals surface area contributed by atoms with E-state index in [-0.39, 0.29) is 17.9 Å². The highest BCUT2D eigenvalue weighted by Gasteiger charge is 2.18. The van der Waals surface area contributed by atoms with Crippen LogP contribution in [0.5, 0.6) is 11.5 Å². The molecule has 0 radical (unpaired) electrons. The molecule has 2 rings (SSSR count). The molecule has 3 N–H and O–H groups in total. The zero-order valence-corrected chi connectivity index (χ0v) is 13.7. The average molecular weight is 341 g/mol. The van der Waals surface area contributed by atoms with E-state index in [9.17, 15) is 14.7 Å². The van der Waals surface area contributed by atoms with Crippen molar-refractivity contribution in [3.05, 3.63) is 65.7 Å². The summed E-state index contributed by atoms with van der Waals surface area (Å²) in [6.45, 7) is 0. The highest BCUT2D eigenvalue weighted by molar-refractivity contribution is 5.96. The molecule has 0 aliphatic carbocycles. The molecule has 6 nitrogen and oxygen atoms in total. The summed E-state index contributed by atoms with van der Waals surface area (Å²) in [5, 5.41) is 9.51. The van der Waals surface area contributed by atoms with Crippen molar-refractivity contribution in [2.24, 2.45) is 5.73 Å². The van der Waals surface area contributed by atoms with Gasteiger partial charge in [0.05, 0.1) is 7.11 Å². The molecular weight excluding hydrogens is 322 g/mol. The first-order valence-electron chi connectivity index (χ1n) is 7.60. The van der Waals surface area contributed by atoms with Crippen LogP contribution in [0.2, 0.25) is 0 Å². The number of phenols is 1. The minimum absolute atomic E-state index is 0.00992. The second-order valence-corrected chi connectivity index (χ2v) is 5.30. The van der Waals surface area contributed by atoms with Crippen molar-refractivity contribution in [2.45, 2.75) is 12.5 Å². The van der Waals surface area contributed by atoms with E-state index < -0.39 is 18.0 Å². The largest absolute Gasteiger partial charge is 0.504 e. The van der Waals surface area contributed by atoms with Gasteiger partial charge < -0.3 is 20.3 Å². The minimum Gasteiger partial charge on any atom is -0.504 e. The minimum atomic E-state index is -0.923. The fourth-order valence-corrected chi connectivity index (χ4v) is 2.12. The molecule has 2 aromatic carbocycles. The van der Waals surface area contributed by atoms with Crippen LogP contribution in [0.25, 0.3) is 6.08 Å². The Hall–Kier alpha value is -3.12. The predicted octanol–water partition coefficient (Wildman–Crippen LogP) is 2.05. The van der Waals surface area contributed by atoms with Crippen molar-refractivity contribution in [3.8, 4) is 11.5 Å². The molecule has 0 amide bonds. The smallest absolute Gasteiger partial charge is 0.338 e. The number of hydrogen-bond donors (Lipinski definition) is 2. The summed E-state index contributed by atoms with van der Waals surface area (Å²) in [5.41, 5.74) is 7.25. The lowest BCUT2D eigenvalue weighted by molar-refractivity contribution is -0.157. The standard InChI is InChI=1S/C19H19NO5/c1-24-17-12-14(7-9-16(17)21)8-10-18(22)25-19(23)15(20)11-13-5-3-2-4-6-13/h2-10,12,15,21H,11,20H2,1H3/t15-/m0/s1. The maximum atomic E-state index is 11.9. The van der Waals surface area contributed by atoms with E-state index in [0.717, 1.165) is 11.6 Å². The number of rotatable bonds is 6. The fourth-order valence-electron chi connectivity index (χ4n) is 2.12. The van der Waals surface area contributed by atoms with Crippen LogP contribution in [-0.2, 0) is 20.7 Å². The van der Waals surface area contributed by atoms with Crippen LogP contribution in [0.15, 0.2) is 54.6 Å². The Balaban J connectivity index is 1.91. The molecule has 0 heterocycles. The molecule has 0 aromatic heterocycles. The van der Waals surface area contributed by atoms with Crippen LogP contribution in [0, 0.1) is 0 Å². The van der Waals surface area contributed by atoms with Gasteiger partial charge >= 0.3 is 11.9 Å². The van der Waals surface area contributed by atoms with Gasteiger partial charge in [-0.2, -0.15) is 0 Å². The number of nitrogens with two attached hydrogens (primary N) is 1. The van der Waals surface area contributed by atoms with Crippen molar-refractivity contribution in [1.29, 1.82) is 0 Å². The lowest BCUT2D eigenvalue weighted by atomic mass is 10.1. The molecule has 0 saturated carbocycles. The normalized spacial score (nSPS) is 11.9. The molecule has 0 unspecified atom stereocenters. The van der Waals surface area contributed by atoms with E-state index in [0.29, 0.717) is 5.56 Å². The molecule has 25 heavy (non-hydrogen) atoms. The lowest BCUT2D eigenvalue weighted by Gasteiger charge is -2.09. The molecule has 6 heteroatoms. The fraction of sp³-hybridized carbons (Fsp3) is 0.158. The molecule has 2 aromatic rings. The van der Waals surface area contributed by atoms with Crippen molar-refractivity contribution in [2.75, 3.05) is 7.11 Å². The van der Waals surface area contributed by atoms with E-state index in [1.54, 1.807) is 12.1 Å². The van der Waals surface area contributed by atoms with Gasteiger partial charge in [-0.25, -0.2) is 9.59 Å². The first kappa shape index (κ1) is 18.2. The monoisotopic (exact) mass is 341 g/mol. The Labute approximate surface area is 145 Å². The van der Waals surface area contributed by atoms with Crippen molar-refractivity contribution < 1.29 is 24.2 Å². The molecule has 0 bridgehead atoms. The van der Waals surface area contributed by atoms with Gasteiger partial charge in [-0.3, -0.25) is 0 Å². The molecule has 0 spiro atoms. The van der Waals surface area contributed by atoms with Crippen molar-refractivity contribution in [1.82, 2.24) is 0 Å². The summed E-state index contributed by atoms with van der Waals surface area (Å²) in [5.74, 6) is -1.34. The Morgan fingerprint density at radius 1 is 1.20 bits per heavy atom. The summed E-state index contributed by atoms with van der Waals surface area (Å²) < 4.78 is 9.69. The second-order valence-electron chi connectivity index (χ2n) is 5.30. The number of hydrogen-bond acceptors (Lipinski definition) is 6. The molecular formula is C19H19NO5. The number of esters is 2. The number of phenolic OH excluding ortho intramolecular Hbond substituents is 1. The maximum absolute atomic E-state index is 11.9. The summed E-state index contributed by atoms with van der Waals surface area (Å²) in [6.07, 6.45) is 2.84. The van der Waals surface area contributed by atoms with Gasteiger partial charge in [-0.1, -0.05) is 36.4 Å². The zero-order chi connectivity index (χ0) is 18.2. The van der Waals surface area contributed by atoms with E-state index in [4.69, 9.17) is 15.2 Å². The van der Waals surface area contributed by atoms with E-state index in [1.165, 1.54) is 19.3 Å². The number of carbonyl (C=O) groups is 2. The van der Waals surface area contributed by atoms with Gasteiger partial charge in [0, 0.05) is 6.08 Å². The molecule has 0 aliphatic heterocycles. The van der Waals surface area contributed by atoms with Gasteiger partial charge in [-0.15, -0.1) is 0 Å². The van der Waals surface area contributed by atoms with Crippen LogP contribution in [0.4, 0.5) is 0 Å². The van der Waals surface area contributed by atoms with Crippen molar-refractivity contribution in [3.63, 3.8) is 0 Å². The number of benzene rings is 2. The summed E-state index contributed by atoms with van der Waals surface area (Å²) in [4.78, 5) is 23.6. The van der Waals surface area contributed by atoms with Gasteiger partial charge in [0.15, 0.2) is 11.5 Å². The number of carbonyl (C=O) groups excluding carboxylic acids is 2. The van der Waals surface area contributed by atoms with Gasteiger partial charge in [-0.05, 0) is 35.8 Å². The summed E-state index contributed by atoms with van der Waals surface area (Å²) >= 11 is 0. The zero-order valence-electron chi connectivity index (χ0n) is 13.7. The number of methoxy groups -OCH3 is 1. The summed E-state index contributed by atoms with van der Waals surface area (Å²) in [6, 6.07) is 12.9. The molecule has 130 valence electrons. The quantitative estimate of drug-likeness (QED) is 0.474. The highest BCUT2D eigenvalue weighted by atomic mass is 16.6. The first-order valence-corrected chi connectivity index (χ1v) is 7.60. The third-order valence-corrected chi connectivity index (χ3v) is 3.42. The van der Waals surface area contributed by atoms with E-state index in [1.807, 2.05) is 30.3 Å². The molecule has 0 saturated heterocycles. The lowest BCUT2D eigenvalue weighted by Crippen LogP contribution is -2.35. The van der Waals surface area contributed by atoms with Crippen LogP contribution >= 0.6 is 0 Å². The Kier molecular flexibility index (Phi) is 6.31. The van der Waals surface area contributed by atoms with Gasteiger partial charge in [0.2, 0.25) is 0 Å². The Bertz CT molecular complexity index is 771. The third kappa shape index (κ3) is 5.47. The van der Waals surface area contributed by atoms with E-state index in [2.05, 4.69) is 0 Å². The highest BCUT2D eigenvalue weighted by Crippen LogP contribution is 2.26. The third-order valence-electron chi connectivity index (χ3n) is 3.42. The van der Waals surface area contributed by atoms with Crippen LogP contribution in [0.1, 0.15) is 11.1 Å². The topological polar surface area (TPSA) is 98.9 Å². The molecule has 1 atom stereocenters. The number of aromatic hydroxyl groups is 1. The first-order chi connectivity index (χ1) is 12.0. The van der Waals surface area contributed by atoms with Crippen LogP contribution < -0.4 is 10.5 Å². The molecule has 0 fully saturated rings. The van der Waals surface area contributed by atoms with Crippen LogP contribution in [0.3, 0.4) is 0 Å². The van der Waals surface area contributed by atoms with Gasteiger partial charge in [0.1, 0.15) is 6.04 Å². The average Bonchev–Trinajstić information content (AvgIpc) is 2.61. The van der Waals surface area contributed by atoms with Crippen LogP contribution in [-0.4, -0.2) is 30.2 Å². The SMILES string of the molecule is COc1cc(C=CC(=O)OC(=O)[C@@H](N)Cc2ccccc2)ccc1O.